The molecular weight excluding hydrogens is 232 g/mol. The highest BCUT2D eigenvalue weighted by molar-refractivity contribution is 7.98. The van der Waals surface area contributed by atoms with Crippen LogP contribution in [0.15, 0.2) is 0 Å². The van der Waals surface area contributed by atoms with Crippen LogP contribution in [0.25, 0.3) is 0 Å². The minimum Gasteiger partial charge on any atom is -0.352 e. The summed E-state index contributed by atoms with van der Waals surface area (Å²) in [6.07, 6.45) is 8.39. The van der Waals surface area contributed by atoms with Crippen LogP contribution < -0.4 is 11.1 Å². The van der Waals surface area contributed by atoms with Crippen molar-refractivity contribution in [2.45, 2.75) is 45.1 Å². The van der Waals surface area contributed by atoms with E-state index in [1.165, 1.54) is 32.1 Å². The number of nitrogens with one attached hydrogen (secondary N) is 1. The summed E-state index contributed by atoms with van der Waals surface area (Å²) < 4.78 is 0. The van der Waals surface area contributed by atoms with E-state index in [0.717, 1.165) is 5.75 Å². The van der Waals surface area contributed by atoms with Gasteiger partial charge in [0.2, 0.25) is 5.91 Å². The maximum Gasteiger partial charge on any atom is 0.223 e. The molecule has 0 heterocycles. The van der Waals surface area contributed by atoms with Gasteiger partial charge in [-0.05, 0) is 25.0 Å². The van der Waals surface area contributed by atoms with Crippen molar-refractivity contribution < 1.29 is 4.79 Å². The van der Waals surface area contributed by atoms with Crippen LogP contribution in [0.3, 0.4) is 0 Å². The minimum atomic E-state index is 0.0858. The number of carbonyl (C=O) groups is 1. The molecule has 0 bridgehead atoms. The summed E-state index contributed by atoms with van der Waals surface area (Å²) in [5, 5.41) is 3.14. The van der Waals surface area contributed by atoms with Crippen molar-refractivity contribution in [2.24, 2.45) is 17.6 Å². The first-order valence-electron chi connectivity index (χ1n) is 6.68. The van der Waals surface area contributed by atoms with Crippen LogP contribution in [0, 0.1) is 11.8 Å². The van der Waals surface area contributed by atoms with Gasteiger partial charge in [0.05, 0.1) is 0 Å². The summed E-state index contributed by atoms with van der Waals surface area (Å²) in [5.41, 5.74) is 5.81. The Morgan fingerprint density at radius 2 is 2.06 bits per heavy atom. The predicted octanol–water partition coefficient (Wildman–Crippen LogP) is 2.01. The first-order chi connectivity index (χ1) is 8.19. The van der Waals surface area contributed by atoms with E-state index in [4.69, 9.17) is 5.73 Å². The van der Waals surface area contributed by atoms with Gasteiger partial charge in [0.25, 0.3) is 0 Å². The van der Waals surface area contributed by atoms with Gasteiger partial charge in [0.1, 0.15) is 0 Å². The lowest BCUT2D eigenvalue weighted by Crippen LogP contribution is -2.47. The van der Waals surface area contributed by atoms with Gasteiger partial charge < -0.3 is 11.1 Å². The summed E-state index contributed by atoms with van der Waals surface area (Å²) >= 11 is 1.72. The van der Waals surface area contributed by atoms with E-state index in [2.05, 4.69) is 5.32 Å². The third kappa shape index (κ3) is 4.88. The minimum absolute atomic E-state index is 0.0858. The van der Waals surface area contributed by atoms with Crippen molar-refractivity contribution in [3.63, 3.8) is 0 Å². The van der Waals surface area contributed by atoms with E-state index in [1.807, 2.05) is 13.2 Å². The van der Waals surface area contributed by atoms with Crippen molar-refractivity contribution in [1.82, 2.24) is 5.32 Å². The molecule has 4 heteroatoms. The van der Waals surface area contributed by atoms with E-state index in [0.29, 0.717) is 12.5 Å². The molecule has 0 aromatic rings. The quantitative estimate of drug-likeness (QED) is 0.766. The summed E-state index contributed by atoms with van der Waals surface area (Å²) in [4.78, 5) is 12.0. The van der Waals surface area contributed by atoms with E-state index in [1.54, 1.807) is 11.8 Å². The molecule has 0 saturated heterocycles. The van der Waals surface area contributed by atoms with Gasteiger partial charge in [-0.2, -0.15) is 11.8 Å². The molecule has 1 saturated carbocycles. The Bertz CT molecular complexity index is 229. The lowest BCUT2D eigenvalue weighted by Gasteiger charge is -2.30. The van der Waals surface area contributed by atoms with Crippen LogP contribution in [0.4, 0.5) is 0 Å². The first kappa shape index (κ1) is 14.8. The lowest BCUT2D eigenvalue weighted by atomic mass is 9.83. The molecular formula is C13H26N2OS. The van der Waals surface area contributed by atoms with Gasteiger partial charge in [0, 0.05) is 24.3 Å². The molecule has 1 aliphatic rings. The topological polar surface area (TPSA) is 55.1 Å². The van der Waals surface area contributed by atoms with Gasteiger partial charge in [-0.1, -0.05) is 26.2 Å². The first-order valence-corrected chi connectivity index (χ1v) is 8.07. The molecule has 100 valence electrons. The fourth-order valence-electron chi connectivity index (χ4n) is 2.56. The normalized spacial score (nSPS) is 20.9. The van der Waals surface area contributed by atoms with Crippen LogP contribution >= 0.6 is 11.8 Å². The summed E-state index contributed by atoms with van der Waals surface area (Å²) in [6.45, 7) is 2.56. The average Bonchev–Trinajstić information content (AvgIpc) is 2.37. The van der Waals surface area contributed by atoms with Crippen molar-refractivity contribution in [3.05, 3.63) is 0 Å². The molecule has 0 radical (unpaired) electrons. The number of thioether (sulfide) groups is 1. The molecule has 17 heavy (non-hydrogen) atoms. The van der Waals surface area contributed by atoms with E-state index < -0.39 is 0 Å². The highest BCUT2D eigenvalue weighted by atomic mass is 32.2. The number of nitrogens with two attached hydrogens (primary N) is 1. The summed E-state index contributed by atoms with van der Waals surface area (Å²) in [5.74, 6) is 1.73. The second-order valence-electron chi connectivity index (χ2n) is 5.11. The fourth-order valence-corrected chi connectivity index (χ4v) is 3.21. The number of hydrogen-bond donors (Lipinski definition) is 2. The molecule has 3 N–H and O–H groups in total. The third-order valence-corrected chi connectivity index (χ3v) is 4.50. The molecule has 0 aromatic heterocycles. The highest BCUT2D eigenvalue weighted by Gasteiger charge is 2.25. The summed E-state index contributed by atoms with van der Waals surface area (Å²) in [7, 11) is 0. The maximum atomic E-state index is 12.0. The molecule has 1 amide bonds. The average molecular weight is 258 g/mol. The second-order valence-corrected chi connectivity index (χ2v) is 6.02. The van der Waals surface area contributed by atoms with Crippen molar-refractivity contribution >= 4 is 17.7 Å². The standard InChI is InChI=1S/C13H26N2OS/c1-10(9-17-2)13(16)15-12(8-14)11-6-4-3-5-7-11/h10-12H,3-9,14H2,1-2H3,(H,15,16). The van der Waals surface area contributed by atoms with Crippen LogP contribution in [0.5, 0.6) is 0 Å². The van der Waals surface area contributed by atoms with Crippen LogP contribution in [0.1, 0.15) is 39.0 Å². The zero-order valence-electron chi connectivity index (χ0n) is 11.1. The third-order valence-electron chi connectivity index (χ3n) is 3.66. The summed E-state index contributed by atoms with van der Waals surface area (Å²) in [6, 6.07) is 0.187. The van der Waals surface area contributed by atoms with Gasteiger partial charge in [-0.3, -0.25) is 4.79 Å². The Labute approximate surface area is 109 Å². The Balaban J connectivity index is 2.42. The van der Waals surface area contributed by atoms with E-state index in [-0.39, 0.29) is 17.9 Å². The Kier molecular flexibility index (Phi) is 6.97. The van der Waals surface area contributed by atoms with E-state index in [9.17, 15) is 4.79 Å². The molecule has 1 rings (SSSR count). The Morgan fingerprint density at radius 1 is 1.41 bits per heavy atom. The molecule has 2 unspecified atom stereocenters. The fraction of sp³-hybridized carbons (Fsp3) is 0.923. The smallest absolute Gasteiger partial charge is 0.223 e. The largest absolute Gasteiger partial charge is 0.352 e. The van der Waals surface area contributed by atoms with Crippen LogP contribution in [-0.2, 0) is 4.79 Å². The maximum absolute atomic E-state index is 12.0. The molecule has 1 aliphatic carbocycles. The molecule has 0 aromatic carbocycles. The van der Waals surface area contributed by atoms with Crippen molar-refractivity contribution in [1.29, 1.82) is 0 Å². The SMILES string of the molecule is CSCC(C)C(=O)NC(CN)C1CCCCC1. The molecule has 3 nitrogen and oxygen atoms in total. The van der Waals surface area contributed by atoms with Gasteiger partial charge in [0.15, 0.2) is 0 Å². The zero-order valence-corrected chi connectivity index (χ0v) is 11.9. The second kappa shape index (κ2) is 7.98. The molecule has 0 spiro atoms. The molecule has 0 aliphatic heterocycles. The highest BCUT2D eigenvalue weighted by Crippen LogP contribution is 2.26. The van der Waals surface area contributed by atoms with Crippen molar-refractivity contribution in [3.8, 4) is 0 Å². The number of amides is 1. The lowest BCUT2D eigenvalue weighted by molar-refractivity contribution is -0.125. The van der Waals surface area contributed by atoms with Gasteiger partial charge in [-0.25, -0.2) is 0 Å². The number of hydrogen-bond acceptors (Lipinski definition) is 3. The monoisotopic (exact) mass is 258 g/mol. The van der Waals surface area contributed by atoms with Crippen molar-refractivity contribution in [2.75, 3.05) is 18.6 Å². The molecule has 1 fully saturated rings. The Hall–Kier alpha value is -0.220. The number of rotatable bonds is 6. The zero-order chi connectivity index (χ0) is 12.7. The van der Waals surface area contributed by atoms with Gasteiger partial charge in [-0.15, -0.1) is 0 Å². The Morgan fingerprint density at radius 3 is 2.59 bits per heavy atom. The van der Waals surface area contributed by atoms with Crippen LogP contribution in [-0.4, -0.2) is 30.5 Å². The predicted molar refractivity (Wildman–Crippen MR) is 75.1 cm³/mol. The van der Waals surface area contributed by atoms with Gasteiger partial charge >= 0.3 is 0 Å². The molecule has 2 atom stereocenters. The number of carbonyl (C=O) groups excluding carboxylic acids is 1. The van der Waals surface area contributed by atoms with E-state index >= 15 is 0 Å². The van der Waals surface area contributed by atoms with Crippen LogP contribution in [0.2, 0.25) is 0 Å².